The molecule has 0 saturated heterocycles. The lowest BCUT2D eigenvalue weighted by molar-refractivity contribution is -0.384. The molecule has 1 rings (SSSR count). The van der Waals surface area contributed by atoms with Crippen molar-refractivity contribution in [3.05, 3.63) is 39.9 Å². The summed E-state index contributed by atoms with van der Waals surface area (Å²) in [5.74, 6) is 0. The zero-order valence-corrected chi connectivity index (χ0v) is 12.1. The van der Waals surface area contributed by atoms with Crippen molar-refractivity contribution in [3.8, 4) is 0 Å². The number of nitrogens with zero attached hydrogens (tertiary/aromatic N) is 1. The lowest BCUT2D eigenvalue weighted by Crippen LogP contribution is -2.13. The first kappa shape index (κ1) is 16.8. The molecule has 0 fully saturated rings. The summed E-state index contributed by atoms with van der Waals surface area (Å²) in [5.41, 5.74) is 6.67. The fourth-order valence-electron chi connectivity index (χ4n) is 1.78. The number of hydrogen-bond acceptors (Lipinski definition) is 6. The molecule has 0 radical (unpaired) electrons. The van der Waals surface area contributed by atoms with Crippen LogP contribution < -0.4 is 10.6 Å². The minimum Gasteiger partial charge on any atom is -0.778 e. The normalized spacial score (nSPS) is 15.6. The molecule has 0 aliphatic rings. The van der Waals surface area contributed by atoms with Crippen molar-refractivity contribution in [2.24, 2.45) is 5.73 Å². The third-order valence-corrected chi connectivity index (χ3v) is 4.32. The third kappa shape index (κ3) is 5.38. The van der Waals surface area contributed by atoms with E-state index in [1.807, 2.05) is 0 Å². The van der Waals surface area contributed by atoms with Gasteiger partial charge in [0.15, 0.2) is 0 Å². The summed E-state index contributed by atoms with van der Waals surface area (Å²) in [6.45, 7) is 1.75. The highest BCUT2D eigenvalue weighted by Crippen LogP contribution is 2.38. The Morgan fingerprint density at radius 1 is 1.40 bits per heavy atom. The van der Waals surface area contributed by atoms with Crippen LogP contribution in [-0.4, -0.2) is 17.7 Å². The minimum atomic E-state index is -3.76. The van der Waals surface area contributed by atoms with E-state index in [4.69, 9.17) is 5.73 Å². The van der Waals surface area contributed by atoms with Gasteiger partial charge < -0.3 is 19.7 Å². The average molecular weight is 301 g/mol. The molecule has 0 amide bonds. The van der Waals surface area contributed by atoms with E-state index in [1.54, 1.807) is 19.1 Å². The van der Waals surface area contributed by atoms with Crippen LogP contribution in [0.4, 0.5) is 5.69 Å². The first-order valence-corrected chi connectivity index (χ1v) is 8.03. The van der Waals surface area contributed by atoms with Gasteiger partial charge in [-0.3, -0.25) is 10.1 Å². The van der Waals surface area contributed by atoms with Crippen LogP contribution in [0.1, 0.15) is 31.4 Å². The van der Waals surface area contributed by atoms with Crippen molar-refractivity contribution in [2.75, 3.05) is 12.8 Å². The molecular formula is C12H18N2O5P-. The predicted molar refractivity (Wildman–Crippen MR) is 73.4 cm³/mol. The van der Waals surface area contributed by atoms with E-state index in [0.29, 0.717) is 12.8 Å². The number of rotatable bonds is 8. The van der Waals surface area contributed by atoms with E-state index < -0.39 is 12.5 Å². The molecule has 2 N–H and O–H groups in total. The van der Waals surface area contributed by atoms with Crippen LogP contribution >= 0.6 is 7.60 Å². The highest BCUT2D eigenvalue weighted by molar-refractivity contribution is 7.51. The number of benzene rings is 1. The standard InChI is InChI=1S/C12H19N2O5P/c1-2-19-20(17,18)9-3-4-12(13)10-5-7-11(8-6-10)14(15)16/h5-8,12H,2-4,9,13H2,1H3,(H,17,18)/p-1. The topological polar surface area (TPSA) is 119 Å². The van der Waals surface area contributed by atoms with E-state index >= 15 is 0 Å². The molecule has 0 spiro atoms. The van der Waals surface area contributed by atoms with Crippen molar-refractivity contribution >= 4 is 13.3 Å². The zero-order chi connectivity index (χ0) is 15.2. The van der Waals surface area contributed by atoms with E-state index in [2.05, 4.69) is 4.52 Å². The van der Waals surface area contributed by atoms with Crippen molar-refractivity contribution in [3.63, 3.8) is 0 Å². The van der Waals surface area contributed by atoms with Gasteiger partial charge in [0.1, 0.15) is 7.60 Å². The maximum absolute atomic E-state index is 11.4. The van der Waals surface area contributed by atoms with E-state index in [-0.39, 0.29) is 24.5 Å². The summed E-state index contributed by atoms with van der Waals surface area (Å²) in [4.78, 5) is 21.4. The Balaban J connectivity index is 2.48. The summed E-state index contributed by atoms with van der Waals surface area (Å²) >= 11 is 0. The number of nitrogens with two attached hydrogens (primary N) is 1. The second-order valence-corrected chi connectivity index (χ2v) is 6.28. The average Bonchev–Trinajstić information content (AvgIpc) is 2.38. The number of hydrogen-bond donors (Lipinski definition) is 1. The molecular weight excluding hydrogens is 283 g/mol. The largest absolute Gasteiger partial charge is 0.778 e. The lowest BCUT2D eigenvalue weighted by Gasteiger charge is -2.23. The van der Waals surface area contributed by atoms with Crippen molar-refractivity contribution in [2.45, 2.75) is 25.8 Å². The van der Waals surface area contributed by atoms with Crippen LogP contribution in [0.2, 0.25) is 0 Å². The van der Waals surface area contributed by atoms with Gasteiger partial charge in [0.2, 0.25) is 0 Å². The predicted octanol–water partition coefficient (Wildman–Crippen LogP) is 1.96. The molecule has 0 aromatic heterocycles. The third-order valence-electron chi connectivity index (χ3n) is 2.80. The Kier molecular flexibility index (Phi) is 6.29. The van der Waals surface area contributed by atoms with E-state index in [0.717, 1.165) is 5.56 Å². The van der Waals surface area contributed by atoms with Gasteiger partial charge in [-0.2, -0.15) is 0 Å². The van der Waals surface area contributed by atoms with E-state index in [9.17, 15) is 19.6 Å². The fraction of sp³-hybridized carbons (Fsp3) is 0.500. The fourth-order valence-corrected chi connectivity index (χ4v) is 2.87. The molecule has 8 heteroatoms. The van der Waals surface area contributed by atoms with Gasteiger partial charge in [-0.1, -0.05) is 12.1 Å². The summed E-state index contributed by atoms with van der Waals surface area (Å²) in [5, 5.41) is 10.5. The SMILES string of the molecule is CCOP(=O)([O-])CCCC(N)c1ccc([N+](=O)[O-])cc1. The highest BCUT2D eigenvalue weighted by Gasteiger charge is 2.12. The summed E-state index contributed by atoms with van der Waals surface area (Å²) in [6.07, 6.45) is 0.803. The highest BCUT2D eigenvalue weighted by atomic mass is 31.2. The van der Waals surface area contributed by atoms with Crippen LogP contribution in [0.15, 0.2) is 24.3 Å². The molecule has 0 bridgehead atoms. The molecule has 7 nitrogen and oxygen atoms in total. The van der Waals surface area contributed by atoms with Crippen molar-refractivity contribution < 1.29 is 18.9 Å². The second-order valence-electron chi connectivity index (χ2n) is 4.35. The maximum Gasteiger partial charge on any atom is 0.269 e. The molecule has 1 aromatic rings. The summed E-state index contributed by atoms with van der Waals surface area (Å²) < 4.78 is 16.0. The lowest BCUT2D eigenvalue weighted by atomic mass is 10.0. The smallest absolute Gasteiger partial charge is 0.269 e. The van der Waals surface area contributed by atoms with Gasteiger partial charge in [-0.05, 0) is 25.3 Å². The van der Waals surface area contributed by atoms with Crippen LogP contribution in [0.25, 0.3) is 0 Å². The van der Waals surface area contributed by atoms with Gasteiger partial charge in [0.05, 0.1) is 11.5 Å². The maximum atomic E-state index is 11.4. The Morgan fingerprint density at radius 2 is 2.00 bits per heavy atom. The summed E-state index contributed by atoms with van der Waals surface area (Å²) in [6, 6.07) is 5.59. The number of nitro benzene ring substituents is 1. The number of non-ortho nitro benzene ring substituents is 1. The first-order chi connectivity index (χ1) is 9.35. The van der Waals surface area contributed by atoms with E-state index in [1.165, 1.54) is 12.1 Å². The monoisotopic (exact) mass is 301 g/mol. The van der Waals surface area contributed by atoms with Crippen LogP contribution in [0.5, 0.6) is 0 Å². The second kappa shape index (κ2) is 7.50. The van der Waals surface area contributed by atoms with Crippen LogP contribution in [-0.2, 0) is 9.09 Å². The minimum absolute atomic E-state index is 0.00125. The Bertz CT molecular complexity index is 491. The van der Waals surface area contributed by atoms with Crippen LogP contribution in [0, 0.1) is 10.1 Å². The molecule has 112 valence electrons. The molecule has 2 unspecified atom stereocenters. The van der Waals surface area contributed by atoms with Crippen molar-refractivity contribution in [1.82, 2.24) is 0 Å². The van der Waals surface area contributed by atoms with Gasteiger partial charge in [-0.25, -0.2) is 0 Å². The van der Waals surface area contributed by atoms with Gasteiger partial charge in [0, 0.05) is 24.3 Å². The van der Waals surface area contributed by atoms with Crippen molar-refractivity contribution in [1.29, 1.82) is 0 Å². The molecule has 0 aliphatic carbocycles. The van der Waals surface area contributed by atoms with Gasteiger partial charge >= 0.3 is 0 Å². The Morgan fingerprint density at radius 3 is 2.50 bits per heavy atom. The molecule has 0 heterocycles. The Hall–Kier alpha value is -1.27. The number of nitro groups is 1. The van der Waals surface area contributed by atoms with Gasteiger partial charge in [0.25, 0.3) is 5.69 Å². The first-order valence-electron chi connectivity index (χ1n) is 6.30. The molecule has 20 heavy (non-hydrogen) atoms. The molecule has 0 aliphatic heterocycles. The molecule has 1 aromatic carbocycles. The zero-order valence-electron chi connectivity index (χ0n) is 11.2. The molecule has 2 atom stereocenters. The quantitative estimate of drug-likeness (QED) is 0.445. The summed E-state index contributed by atoms with van der Waals surface area (Å²) in [7, 11) is -3.76. The molecule has 0 saturated carbocycles. The van der Waals surface area contributed by atoms with Gasteiger partial charge in [-0.15, -0.1) is 0 Å². The van der Waals surface area contributed by atoms with Crippen LogP contribution in [0.3, 0.4) is 0 Å². The Labute approximate surface area is 117 Å².